The van der Waals surface area contributed by atoms with Crippen LogP contribution in [0.5, 0.6) is 5.75 Å². The standard InChI is InChI=1S/C20H20ClFN4O3/c1-3-8-23-20(27)19-18(11-25-26(19)2)24-10-14-4-5-15(29-14)12-28-13-6-7-17(22)16(21)9-13/h4-7,9-11H,3,8,12H2,1-2H3,(H,23,27). The Morgan fingerprint density at radius 1 is 1.41 bits per heavy atom. The molecule has 1 amide bonds. The highest BCUT2D eigenvalue weighted by Crippen LogP contribution is 2.22. The van der Waals surface area contributed by atoms with Gasteiger partial charge in [-0.2, -0.15) is 5.10 Å². The molecule has 0 fully saturated rings. The predicted octanol–water partition coefficient (Wildman–Crippen LogP) is 4.28. The molecule has 3 rings (SSSR count). The van der Waals surface area contributed by atoms with Crippen molar-refractivity contribution in [3.8, 4) is 5.75 Å². The van der Waals surface area contributed by atoms with E-state index in [9.17, 15) is 9.18 Å². The molecule has 0 aliphatic carbocycles. The van der Waals surface area contributed by atoms with E-state index in [1.54, 1.807) is 19.2 Å². The summed E-state index contributed by atoms with van der Waals surface area (Å²) in [6.07, 6.45) is 3.86. The van der Waals surface area contributed by atoms with Crippen LogP contribution in [-0.2, 0) is 13.7 Å². The minimum absolute atomic E-state index is 0.00924. The number of rotatable bonds is 8. The van der Waals surface area contributed by atoms with E-state index in [0.717, 1.165) is 6.42 Å². The highest BCUT2D eigenvalue weighted by atomic mass is 35.5. The average molecular weight is 419 g/mol. The lowest BCUT2D eigenvalue weighted by molar-refractivity contribution is 0.0945. The fraction of sp³-hybridized carbons (Fsp3) is 0.250. The summed E-state index contributed by atoms with van der Waals surface area (Å²) < 4.78 is 25.8. The van der Waals surface area contributed by atoms with Gasteiger partial charge in [-0.05, 0) is 30.7 Å². The lowest BCUT2D eigenvalue weighted by Gasteiger charge is -2.05. The molecule has 0 saturated carbocycles. The summed E-state index contributed by atoms with van der Waals surface area (Å²) in [7, 11) is 1.68. The third-order valence-electron chi connectivity index (χ3n) is 3.96. The fourth-order valence-electron chi connectivity index (χ4n) is 2.50. The zero-order valence-corrected chi connectivity index (χ0v) is 16.7. The summed E-state index contributed by atoms with van der Waals surface area (Å²) >= 11 is 5.73. The summed E-state index contributed by atoms with van der Waals surface area (Å²) in [4.78, 5) is 16.6. The SMILES string of the molecule is CCCNC(=O)c1c(N=Cc2ccc(COc3ccc(F)c(Cl)c3)o2)cnn1C. The number of nitrogens with zero attached hydrogens (tertiary/aromatic N) is 3. The Hall–Kier alpha value is -3.13. The second-order valence-electron chi connectivity index (χ2n) is 6.18. The smallest absolute Gasteiger partial charge is 0.271 e. The predicted molar refractivity (Wildman–Crippen MR) is 108 cm³/mol. The van der Waals surface area contributed by atoms with Crippen molar-refractivity contribution in [2.24, 2.45) is 12.0 Å². The molecule has 152 valence electrons. The molecular weight excluding hydrogens is 399 g/mol. The number of nitrogens with one attached hydrogen (secondary N) is 1. The first-order chi connectivity index (χ1) is 14.0. The molecule has 2 aromatic heterocycles. The molecule has 0 saturated heterocycles. The van der Waals surface area contributed by atoms with Gasteiger partial charge >= 0.3 is 0 Å². The Kier molecular flexibility index (Phi) is 6.66. The molecule has 3 aromatic rings. The number of hydrogen-bond donors (Lipinski definition) is 1. The number of hydrogen-bond acceptors (Lipinski definition) is 5. The van der Waals surface area contributed by atoms with Gasteiger partial charge in [0.2, 0.25) is 0 Å². The molecule has 0 atom stereocenters. The van der Waals surface area contributed by atoms with Gasteiger partial charge in [0.05, 0.1) is 17.4 Å². The second-order valence-corrected chi connectivity index (χ2v) is 6.59. The first-order valence-corrected chi connectivity index (χ1v) is 9.36. The Labute approximate surface area is 172 Å². The lowest BCUT2D eigenvalue weighted by atomic mass is 10.3. The summed E-state index contributed by atoms with van der Waals surface area (Å²) in [6, 6.07) is 7.59. The Bertz CT molecular complexity index is 1030. The molecule has 29 heavy (non-hydrogen) atoms. The van der Waals surface area contributed by atoms with E-state index in [2.05, 4.69) is 15.4 Å². The van der Waals surface area contributed by atoms with E-state index in [1.807, 2.05) is 6.92 Å². The van der Waals surface area contributed by atoms with Crippen LogP contribution in [0.3, 0.4) is 0 Å². The molecule has 1 aromatic carbocycles. The number of aliphatic imine (C=N–C) groups is 1. The molecule has 2 heterocycles. The minimum atomic E-state index is -0.506. The number of ether oxygens (including phenoxy) is 1. The molecule has 0 aliphatic rings. The summed E-state index contributed by atoms with van der Waals surface area (Å²) in [5, 5.41) is 6.90. The number of aromatic nitrogens is 2. The van der Waals surface area contributed by atoms with Crippen LogP contribution >= 0.6 is 11.6 Å². The first kappa shape index (κ1) is 20.6. The number of amides is 1. The summed E-state index contributed by atoms with van der Waals surface area (Å²) in [5.74, 6) is 0.740. The molecule has 0 unspecified atom stereocenters. The van der Waals surface area contributed by atoms with Gasteiger partial charge in [0.25, 0.3) is 5.91 Å². The maximum atomic E-state index is 13.2. The highest BCUT2D eigenvalue weighted by Gasteiger charge is 2.15. The molecule has 7 nitrogen and oxygen atoms in total. The van der Waals surface area contributed by atoms with Crippen LogP contribution in [0.2, 0.25) is 5.02 Å². The molecule has 0 spiro atoms. The van der Waals surface area contributed by atoms with Crippen molar-refractivity contribution in [3.63, 3.8) is 0 Å². The van der Waals surface area contributed by atoms with Crippen LogP contribution in [-0.4, -0.2) is 28.4 Å². The molecule has 1 N–H and O–H groups in total. The van der Waals surface area contributed by atoms with E-state index in [1.165, 1.54) is 35.3 Å². The zero-order chi connectivity index (χ0) is 20.8. The average Bonchev–Trinajstić information content (AvgIpc) is 3.31. The normalized spacial score (nSPS) is 11.2. The maximum Gasteiger partial charge on any atom is 0.271 e. The number of benzene rings is 1. The van der Waals surface area contributed by atoms with Crippen LogP contribution in [0.4, 0.5) is 10.1 Å². The molecule has 0 radical (unpaired) electrons. The maximum absolute atomic E-state index is 13.2. The highest BCUT2D eigenvalue weighted by molar-refractivity contribution is 6.30. The van der Waals surface area contributed by atoms with E-state index >= 15 is 0 Å². The molecule has 9 heteroatoms. The molecular formula is C20H20ClFN4O3. The molecule has 0 aliphatic heterocycles. The van der Waals surface area contributed by atoms with E-state index < -0.39 is 5.82 Å². The van der Waals surface area contributed by atoms with Gasteiger partial charge in [-0.25, -0.2) is 9.38 Å². The van der Waals surface area contributed by atoms with Crippen molar-refractivity contribution in [2.45, 2.75) is 20.0 Å². The Morgan fingerprint density at radius 3 is 3.00 bits per heavy atom. The quantitative estimate of drug-likeness (QED) is 0.554. The van der Waals surface area contributed by atoms with Gasteiger partial charge in [0.1, 0.15) is 35.4 Å². The number of carbonyl (C=O) groups is 1. The van der Waals surface area contributed by atoms with Crippen molar-refractivity contribution in [3.05, 3.63) is 64.6 Å². The lowest BCUT2D eigenvalue weighted by Crippen LogP contribution is -2.26. The Morgan fingerprint density at radius 2 is 2.24 bits per heavy atom. The van der Waals surface area contributed by atoms with Crippen LogP contribution in [0.1, 0.15) is 35.4 Å². The minimum Gasteiger partial charge on any atom is -0.486 e. The first-order valence-electron chi connectivity index (χ1n) is 8.98. The third kappa shape index (κ3) is 5.23. The molecule has 0 bridgehead atoms. The Balaban J connectivity index is 1.65. The van der Waals surface area contributed by atoms with Crippen LogP contribution in [0.25, 0.3) is 0 Å². The van der Waals surface area contributed by atoms with Crippen molar-refractivity contribution in [1.29, 1.82) is 0 Å². The fourth-order valence-corrected chi connectivity index (χ4v) is 2.67. The van der Waals surface area contributed by atoms with E-state index in [4.69, 9.17) is 20.8 Å². The van der Waals surface area contributed by atoms with Gasteiger partial charge in [0, 0.05) is 19.7 Å². The number of carbonyl (C=O) groups excluding carboxylic acids is 1. The van der Waals surface area contributed by atoms with Crippen LogP contribution < -0.4 is 10.1 Å². The monoisotopic (exact) mass is 418 g/mol. The largest absolute Gasteiger partial charge is 0.486 e. The number of aryl methyl sites for hydroxylation is 1. The van der Waals surface area contributed by atoms with Crippen molar-refractivity contribution in [1.82, 2.24) is 15.1 Å². The van der Waals surface area contributed by atoms with Crippen molar-refractivity contribution >= 4 is 29.4 Å². The number of halogens is 2. The van der Waals surface area contributed by atoms with Gasteiger partial charge in [-0.1, -0.05) is 18.5 Å². The van der Waals surface area contributed by atoms with Crippen LogP contribution in [0.15, 0.2) is 45.9 Å². The van der Waals surface area contributed by atoms with E-state index in [0.29, 0.717) is 35.2 Å². The van der Waals surface area contributed by atoms with Crippen molar-refractivity contribution in [2.75, 3.05) is 6.54 Å². The van der Waals surface area contributed by atoms with Gasteiger partial charge in [0.15, 0.2) is 5.69 Å². The zero-order valence-electron chi connectivity index (χ0n) is 16.0. The van der Waals surface area contributed by atoms with E-state index in [-0.39, 0.29) is 17.5 Å². The number of furan rings is 1. The third-order valence-corrected chi connectivity index (χ3v) is 4.25. The second kappa shape index (κ2) is 9.38. The van der Waals surface area contributed by atoms with Crippen molar-refractivity contribution < 1.29 is 18.3 Å². The summed E-state index contributed by atoms with van der Waals surface area (Å²) in [6.45, 7) is 2.70. The van der Waals surface area contributed by atoms with Gasteiger partial charge in [-0.15, -0.1) is 0 Å². The van der Waals surface area contributed by atoms with Gasteiger partial charge < -0.3 is 14.5 Å². The van der Waals surface area contributed by atoms with Gasteiger partial charge in [-0.3, -0.25) is 9.48 Å². The topological polar surface area (TPSA) is 81.7 Å². The van der Waals surface area contributed by atoms with Crippen LogP contribution in [0, 0.1) is 5.82 Å². The summed E-state index contributed by atoms with van der Waals surface area (Å²) in [5.41, 5.74) is 0.814.